The van der Waals surface area contributed by atoms with E-state index in [9.17, 15) is 0 Å². The van der Waals surface area contributed by atoms with Gasteiger partial charge in [-0.05, 0) is 39.7 Å². The van der Waals surface area contributed by atoms with Gasteiger partial charge in [0.25, 0.3) is 0 Å². The van der Waals surface area contributed by atoms with Gasteiger partial charge >= 0.3 is 0 Å². The van der Waals surface area contributed by atoms with Crippen molar-refractivity contribution in [1.82, 2.24) is 5.32 Å². The lowest BCUT2D eigenvalue weighted by Gasteiger charge is -2.42. The third-order valence-corrected chi connectivity index (χ3v) is 3.79. The largest absolute Gasteiger partial charge is 0.376 e. The number of rotatable bonds is 6. The molecule has 1 aliphatic rings. The highest BCUT2D eigenvalue weighted by Gasteiger charge is 2.38. The fourth-order valence-electron chi connectivity index (χ4n) is 2.82. The fourth-order valence-corrected chi connectivity index (χ4v) is 2.82. The van der Waals surface area contributed by atoms with E-state index in [0.29, 0.717) is 6.04 Å². The average molecular weight is 239 g/mol. The normalized spacial score (nSPS) is 20.9. The van der Waals surface area contributed by atoms with E-state index in [2.05, 4.69) is 32.2 Å². The van der Waals surface area contributed by atoms with Crippen molar-refractivity contribution in [3.8, 4) is 0 Å². The van der Waals surface area contributed by atoms with Gasteiger partial charge in [0.2, 0.25) is 0 Å². The monoisotopic (exact) mass is 239 g/mol. The third-order valence-electron chi connectivity index (χ3n) is 3.79. The number of methoxy groups -OCH3 is 1. The molecule has 2 heteroatoms. The minimum absolute atomic E-state index is 0.0324. The van der Waals surface area contributed by atoms with Crippen LogP contribution in [0.4, 0.5) is 0 Å². The summed E-state index contributed by atoms with van der Waals surface area (Å²) < 4.78 is 5.93. The van der Waals surface area contributed by atoms with E-state index in [0.717, 1.165) is 6.54 Å². The molecule has 17 heavy (non-hydrogen) atoms. The summed E-state index contributed by atoms with van der Waals surface area (Å²) in [5.41, 5.74) is 1.41. The van der Waals surface area contributed by atoms with E-state index in [-0.39, 0.29) is 5.60 Å². The zero-order valence-corrected chi connectivity index (χ0v) is 12.0. The average Bonchev–Trinajstić information content (AvgIpc) is 2.35. The quantitative estimate of drug-likeness (QED) is 0.714. The molecule has 0 saturated heterocycles. The Labute approximate surface area is 107 Å². The first kappa shape index (κ1) is 14.7. The lowest BCUT2D eigenvalue weighted by atomic mass is 9.78. The highest BCUT2D eigenvalue weighted by atomic mass is 16.5. The summed E-state index contributed by atoms with van der Waals surface area (Å²) in [6.45, 7) is 7.63. The topological polar surface area (TPSA) is 21.3 Å². The summed E-state index contributed by atoms with van der Waals surface area (Å²) in [5.74, 6) is 0. The van der Waals surface area contributed by atoms with Crippen LogP contribution in [0.15, 0.2) is 11.6 Å². The van der Waals surface area contributed by atoms with E-state index in [1.807, 2.05) is 7.11 Å². The molecule has 1 unspecified atom stereocenters. The summed E-state index contributed by atoms with van der Waals surface area (Å²) >= 11 is 0. The number of ether oxygens (including phenoxy) is 1. The van der Waals surface area contributed by atoms with Crippen molar-refractivity contribution in [2.24, 2.45) is 0 Å². The van der Waals surface area contributed by atoms with Crippen molar-refractivity contribution >= 4 is 0 Å². The van der Waals surface area contributed by atoms with Gasteiger partial charge in [-0.15, -0.1) is 0 Å². The molecule has 100 valence electrons. The fraction of sp³-hybridized carbons (Fsp3) is 0.867. The Hall–Kier alpha value is -0.340. The molecule has 1 fully saturated rings. The van der Waals surface area contributed by atoms with Crippen LogP contribution in [0.25, 0.3) is 0 Å². The Morgan fingerprint density at radius 3 is 2.41 bits per heavy atom. The Morgan fingerprint density at radius 2 is 1.94 bits per heavy atom. The summed E-state index contributed by atoms with van der Waals surface area (Å²) in [5, 5.41) is 3.66. The summed E-state index contributed by atoms with van der Waals surface area (Å²) in [6, 6.07) is 0.373. The van der Waals surface area contributed by atoms with E-state index >= 15 is 0 Å². The predicted molar refractivity (Wildman–Crippen MR) is 74.3 cm³/mol. The molecular formula is C15H29NO. The first-order valence-corrected chi connectivity index (χ1v) is 7.08. The van der Waals surface area contributed by atoms with Crippen molar-refractivity contribution in [2.45, 2.75) is 70.9 Å². The predicted octanol–water partition coefficient (Wildman–Crippen LogP) is 3.67. The molecule has 0 radical (unpaired) electrons. The number of allylic oxidation sites excluding steroid dienone is 1. The highest BCUT2D eigenvalue weighted by Crippen LogP contribution is 2.35. The second-order valence-corrected chi connectivity index (χ2v) is 5.51. The molecule has 1 N–H and O–H groups in total. The van der Waals surface area contributed by atoms with Crippen molar-refractivity contribution < 1.29 is 4.74 Å². The van der Waals surface area contributed by atoms with Gasteiger partial charge in [0.05, 0.1) is 11.6 Å². The second kappa shape index (κ2) is 7.17. The first-order chi connectivity index (χ1) is 8.14. The van der Waals surface area contributed by atoms with E-state index in [1.54, 1.807) is 0 Å². The van der Waals surface area contributed by atoms with Gasteiger partial charge in [-0.2, -0.15) is 0 Å². The van der Waals surface area contributed by atoms with Crippen LogP contribution in [0.2, 0.25) is 0 Å². The SMILES string of the molecule is CCCNC(C=C(C)C)C1(OC)CCCCC1. The second-order valence-electron chi connectivity index (χ2n) is 5.51. The Balaban J connectivity index is 2.79. The van der Waals surface area contributed by atoms with Crippen LogP contribution in [0.5, 0.6) is 0 Å². The summed E-state index contributed by atoms with van der Waals surface area (Å²) in [4.78, 5) is 0. The van der Waals surface area contributed by atoms with Crippen LogP contribution in [0, 0.1) is 0 Å². The van der Waals surface area contributed by atoms with Gasteiger partial charge in [0.15, 0.2) is 0 Å². The zero-order valence-electron chi connectivity index (χ0n) is 12.0. The van der Waals surface area contributed by atoms with Crippen molar-refractivity contribution in [3.63, 3.8) is 0 Å². The van der Waals surface area contributed by atoms with Crippen LogP contribution >= 0.6 is 0 Å². The number of hydrogen-bond donors (Lipinski definition) is 1. The molecule has 1 atom stereocenters. The molecule has 0 aromatic carbocycles. The lowest BCUT2D eigenvalue weighted by Crippen LogP contribution is -2.52. The van der Waals surface area contributed by atoms with Gasteiger partial charge in [0.1, 0.15) is 0 Å². The van der Waals surface area contributed by atoms with Crippen molar-refractivity contribution in [2.75, 3.05) is 13.7 Å². The lowest BCUT2D eigenvalue weighted by molar-refractivity contribution is -0.0561. The standard InChI is InChI=1S/C15H29NO/c1-5-11-16-14(12-13(2)3)15(17-4)9-7-6-8-10-15/h12,14,16H,5-11H2,1-4H3. The minimum Gasteiger partial charge on any atom is -0.376 e. The molecule has 1 saturated carbocycles. The third kappa shape index (κ3) is 4.11. The number of nitrogens with one attached hydrogen (secondary N) is 1. The molecule has 0 bridgehead atoms. The van der Waals surface area contributed by atoms with Crippen molar-refractivity contribution in [3.05, 3.63) is 11.6 Å². The maximum atomic E-state index is 5.93. The van der Waals surface area contributed by atoms with Crippen LogP contribution in [0.1, 0.15) is 59.3 Å². The molecule has 0 amide bonds. The molecular weight excluding hydrogens is 210 g/mol. The van der Waals surface area contributed by atoms with Gasteiger partial charge in [-0.1, -0.05) is 37.8 Å². The molecule has 0 aromatic rings. The van der Waals surface area contributed by atoms with Gasteiger partial charge in [-0.25, -0.2) is 0 Å². The molecule has 0 heterocycles. The Kier molecular flexibility index (Phi) is 6.21. The Morgan fingerprint density at radius 1 is 1.29 bits per heavy atom. The van der Waals surface area contributed by atoms with E-state index < -0.39 is 0 Å². The van der Waals surface area contributed by atoms with Gasteiger partial charge in [-0.3, -0.25) is 0 Å². The minimum atomic E-state index is 0.0324. The van der Waals surface area contributed by atoms with Crippen molar-refractivity contribution in [1.29, 1.82) is 0 Å². The molecule has 1 aliphatic carbocycles. The van der Waals surface area contributed by atoms with Crippen LogP contribution in [-0.4, -0.2) is 25.3 Å². The zero-order chi connectivity index (χ0) is 12.7. The maximum Gasteiger partial charge on any atom is 0.0866 e. The summed E-state index contributed by atoms with van der Waals surface area (Å²) in [6.07, 6.45) is 9.87. The molecule has 0 spiro atoms. The maximum absolute atomic E-state index is 5.93. The Bertz CT molecular complexity index is 237. The van der Waals surface area contributed by atoms with Gasteiger partial charge in [0, 0.05) is 7.11 Å². The first-order valence-electron chi connectivity index (χ1n) is 7.08. The van der Waals surface area contributed by atoms with E-state index in [4.69, 9.17) is 4.74 Å². The van der Waals surface area contributed by atoms with Crippen LogP contribution in [0.3, 0.4) is 0 Å². The smallest absolute Gasteiger partial charge is 0.0866 e. The van der Waals surface area contributed by atoms with E-state index in [1.165, 1.54) is 44.1 Å². The number of hydrogen-bond acceptors (Lipinski definition) is 2. The molecule has 0 aromatic heterocycles. The molecule has 0 aliphatic heterocycles. The molecule has 1 rings (SSSR count). The summed E-state index contributed by atoms with van der Waals surface area (Å²) in [7, 11) is 1.88. The highest BCUT2D eigenvalue weighted by molar-refractivity contribution is 5.10. The molecule has 2 nitrogen and oxygen atoms in total. The van der Waals surface area contributed by atoms with Crippen LogP contribution in [-0.2, 0) is 4.74 Å². The van der Waals surface area contributed by atoms with Crippen LogP contribution < -0.4 is 5.32 Å². The van der Waals surface area contributed by atoms with Gasteiger partial charge < -0.3 is 10.1 Å².